The van der Waals surface area contributed by atoms with Crippen molar-refractivity contribution in [2.75, 3.05) is 44.4 Å². The van der Waals surface area contributed by atoms with E-state index in [1.54, 1.807) is 36.0 Å². The number of ether oxygens (including phenoxy) is 2. The number of carbonyl (C=O) groups excluding carboxylic acids is 1. The molecule has 1 N–H and O–H groups in total. The van der Waals surface area contributed by atoms with Crippen molar-refractivity contribution in [3.05, 3.63) is 42.7 Å². The van der Waals surface area contributed by atoms with E-state index in [2.05, 4.69) is 4.90 Å². The zero-order valence-corrected chi connectivity index (χ0v) is 16.3. The average molecular weight is 446 g/mol. The number of aliphatic carboxylic acids is 1. The van der Waals surface area contributed by atoms with E-state index in [4.69, 9.17) is 28.2 Å². The van der Waals surface area contributed by atoms with Crippen molar-refractivity contribution in [3.63, 3.8) is 0 Å². The molecule has 0 bridgehead atoms. The Kier molecular flexibility index (Phi) is 7.03. The molecule has 2 aliphatic heterocycles. The van der Waals surface area contributed by atoms with Gasteiger partial charge < -0.3 is 28.3 Å². The van der Waals surface area contributed by atoms with E-state index in [-0.39, 0.29) is 12.5 Å². The number of carbonyl (C=O) groups is 2. The van der Waals surface area contributed by atoms with Crippen molar-refractivity contribution in [2.24, 2.45) is 0 Å². The van der Waals surface area contributed by atoms with Crippen LogP contribution in [-0.4, -0.2) is 73.1 Å². The number of morpholine rings is 1. The van der Waals surface area contributed by atoms with E-state index < -0.39 is 17.7 Å². The summed E-state index contributed by atoms with van der Waals surface area (Å²) in [7, 11) is 0. The van der Waals surface area contributed by atoms with Gasteiger partial charge in [-0.1, -0.05) is 0 Å². The molecule has 4 heterocycles. The minimum Gasteiger partial charge on any atom is -0.475 e. The molecule has 0 radical (unpaired) electrons. The van der Waals surface area contributed by atoms with Crippen molar-refractivity contribution in [1.29, 1.82) is 0 Å². The lowest BCUT2D eigenvalue weighted by Gasteiger charge is -2.42. The number of carboxylic acid groups (broad SMARTS) is 1. The highest BCUT2D eigenvalue weighted by molar-refractivity contribution is 5.95. The van der Waals surface area contributed by atoms with Gasteiger partial charge in [0, 0.05) is 31.3 Å². The van der Waals surface area contributed by atoms with Crippen LogP contribution in [0.4, 0.5) is 18.9 Å². The molecule has 1 amide bonds. The zero-order chi connectivity index (χ0) is 22.5. The highest BCUT2D eigenvalue weighted by Gasteiger charge is 2.43. The van der Waals surface area contributed by atoms with Gasteiger partial charge in [-0.2, -0.15) is 13.2 Å². The lowest BCUT2D eigenvalue weighted by Crippen LogP contribution is -2.60. The molecule has 2 aromatic heterocycles. The Morgan fingerprint density at radius 3 is 2.48 bits per heavy atom. The number of hydrogen-bond acceptors (Lipinski definition) is 7. The van der Waals surface area contributed by atoms with Crippen LogP contribution in [0.2, 0.25) is 0 Å². The smallest absolute Gasteiger partial charge is 0.475 e. The van der Waals surface area contributed by atoms with Crippen LogP contribution in [0.3, 0.4) is 0 Å². The summed E-state index contributed by atoms with van der Waals surface area (Å²) in [4.78, 5) is 25.1. The van der Waals surface area contributed by atoms with Gasteiger partial charge in [-0.3, -0.25) is 9.69 Å². The molecule has 4 rings (SSSR count). The number of furan rings is 2. The Bertz CT molecular complexity index is 854. The van der Waals surface area contributed by atoms with Crippen molar-refractivity contribution in [2.45, 2.75) is 18.3 Å². The maximum absolute atomic E-state index is 12.2. The van der Waals surface area contributed by atoms with Crippen LogP contribution >= 0.6 is 0 Å². The van der Waals surface area contributed by atoms with E-state index in [0.29, 0.717) is 26.3 Å². The zero-order valence-electron chi connectivity index (χ0n) is 16.3. The van der Waals surface area contributed by atoms with Crippen LogP contribution < -0.4 is 4.90 Å². The fourth-order valence-electron chi connectivity index (χ4n) is 3.30. The summed E-state index contributed by atoms with van der Waals surface area (Å²) in [5.74, 6) is -2.82. The van der Waals surface area contributed by atoms with Crippen molar-refractivity contribution >= 4 is 17.6 Å². The quantitative estimate of drug-likeness (QED) is 0.765. The Hall–Kier alpha value is -2.83. The molecule has 0 aliphatic carbocycles. The number of nitrogens with zero attached hydrogens (tertiary/aromatic N) is 2. The molecule has 31 heavy (non-hydrogen) atoms. The summed E-state index contributed by atoms with van der Waals surface area (Å²) in [6.45, 7) is 3.89. The van der Waals surface area contributed by atoms with Gasteiger partial charge in [0.25, 0.3) is 5.91 Å². The predicted molar refractivity (Wildman–Crippen MR) is 98.2 cm³/mol. The number of rotatable bonds is 3. The van der Waals surface area contributed by atoms with Crippen molar-refractivity contribution < 1.29 is 46.2 Å². The Morgan fingerprint density at radius 1 is 1.16 bits per heavy atom. The van der Waals surface area contributed by atoms with Crippen LogP contribution in [0.1, 0.15) is 5.56 Å². The highest BCUT2D eigenvalue weighted by atomic mass is 19.4. The SMILES string of the molecule is O=C(O)C(F)(F)F.O=C1COC2(COCCN(Cc3ccoc3)C2)CN1c1ccoc1. The van der Waals surface area contributed by atoms with E-state index in [0.717, 1.165) is 24.3 Å². The first kappa shape index (κ1) is 22.8. The molecular weight excluding hydrogens is 425 g/mol. The molecule has 2 aromatic rings. The molecule has 1 spiro atoms. The summed E-state index contributed by atoms with van der Waals surface area (Å²) in [5, 5.41) is 7.12. The highest BCUT2D eigenvalue weighted by Crippen LogP contribution is 2.28. The minimum absolute atomic E-state index is 0.0497. The lowest BCUT2D eigenvalue weighted by molar-refractivity contribution is -0.192. The number of alkyl halides is 3. The van der Waals surface area contributed by atoms with Gasteiger partial charge in [0.2, 0.25) is 0 Å². The fraction of sp³-hybridized carbons (Fsp3) is 0.474. The van der Waals surface area contributed by atoms with Crippen molar-refractivity contribution in [1.82, 2.24) is 4.90 Å². The molecule has 0 saturated carbocycles. The van der Waals surface area contributed by atoms with Gasteiger partial charge in [0.05, 0.1) is 44.2 Å². The second-order valence-corrected chi connectivity index (χ2v) is 7.13. The summed E-state index contributed by atoms with van der Waals surface area (Å²) in [5.41, 5.74) is 1.34. The van der Waals surface area contributed by atoms with Crippen LogP contribution in [-0.2, 0) is 25.6 Å². The Balaban J connectivity index is 0.000000339. The number of hydrogen-bond donors (Lipinski definition) is 1. The molecule has 2 fully saturated rings. The first-order valence-corrected chi connectivity index (χ1v) is 9.26. The molecular formula is C19H21F3N2O7. The molecule has 1 unspecified atom stereocenters. The van der Waals surface area contributed by atoms with Crippen LogP contribution in [0.5, 0.6) is 0 Å². The molecule has 170 valence electrons. The minimum atomic E-state index is -5.08. The third kappa shape index (κ3) is 6.09. The number of halogens is 3. The standard InChI is InChI=1S/C17H20N2O5.C2HF3O2/c20-16-10-24-17(12-19(16)15-2-5-22-9-15)11-18(3-6-23-13-17)7-14-1-4-21-8-14;3-2(4,5)1(6)7/h1-2,4-5,8-9H,3,6-7,10-13H2;(H,6,7). The van der Waals surface area contributed by atoms with Gasteiger partial charge in [0.1, 0.15) is 18.5 Å². The number of carboxylic acids is 1. The average Bonchev–Trinajstić information content (AvgIpc) is 3.38. The van der Waals surface area contributed by atoms with E-state index in [1.165, 1.54) is 0 Å². The summed E-state index contributed by atoms with van der Waals surface area (Å²) >= 11 is 0. The largest absolute Gasteiger partial charge is 0.490 e. The maximum Gasteiger partial charge on any atom is 0.490 e. The molecule has 2 saturated heterocycles. The summed E-state index contributed by atoms with van der Waals surface area (Å²) in [6, 6.07) is 3.75. The van der Waals surface area contributed by atoms with E-state index in [1.807, 2.05) is 6.07 Å². The third-order valence-corrected chi connectivity index (χ3v) is 4.72. The van der Waals surface area contributed by atoms with Gasteiger partial charge in [-0.25, -0.2) is 4.79 Å². The lowest BCUT2D eigenvalue weighted by atomic mass is 10.0. The summed E-state index contributed by atoms with van der Waals surface area (Å²) in [6.07, 6.45) is 1.49. The Morgan fingerprint density at radius 2 is 1.87 bits per heavy atom. The van der Waals surface area contributed by atoms with E-state index in [9.17, 15) is 18.0 Å². The molecule has 9 nitrogen and oxygen atoms in total. The molecule has 0 aromatic carbocycles. The predicted octanol–water partition coefficient (Wildman–Crippen LogP) is 2.14. The van der Waals surface area contributed by atoms with Crippen LogP contribution in [0.15, 0.2) is 46.0 Å². The van der Waals surface area contributed by atoms with Crippen molar-refractivity contribution in [3.8, 4) is 0 Å². The van der Waals surface area contributed by atoms with Crippen LogP contribution in [0, 0.1) is 0 Å². The summed E-state index contributed by atoms with van der Waals surface area (Å²) < 4.78 is 53.8. The van der Waals surface area contributed by atoms with Gasteiger partial charge in [0.15, 0.2) is 0 Å². The maximum atomic E-state index is 12.2. The van der Waals surface area contributed by atoms with Gasteiger partial charge >= 0.3 is 12.1 Å². The molecule has 1 atom stereocenters. The van der Waals surface area contributed by atoms with Gasteiger partial charge in [-0.05, 0) is 6.07 Å². The molecule has 12 heteroatoms. The number of amides is 1. The Labute approximate surface area is 174 Å². The second-order valence-electron chi connectivity index (χ2n) is 7.13. The number of anilines is 1. The normalized spacial score (nSPS) is 22.7. The monoisotopic (exact) mass is 446 g/mol. The van der Waals surface area contributed by atoms with Crippen LogP contribution in [0.25, 0.3) is 0 Å². The fourth-order valence-corrected chi connectivity index (χ4v) is 3.30. The second kappa shape index (κ2) is 9.54. The first-order valence-electron chi connectivity index (χ1n) is 9.26. The molecule has 2 aliphatic rings. The van der Waals surface area contributed by atoms with E-state index >= 15 is 0 Å². The third-order valence-electron chi connectivity index (χ3n) is 4.72. The topological polar surface area (TPSA) is 106 Å². The first-order chi connectivity index (χ1) is 14.7. The van der Waals surface area contributed by atoms with Gasteiger partial charge in [-0.15, -0.1) is 0 Å².